The molecule has 0 radical (unpaired) electrons. The molecule has 5 rings (SSSR count). The average molecular weight is 521 g/mol. The number of fused-ring (bicyclic) bond motifs is 3. The van der Waals surface area contributed by atoms with Crippen LogP contribution in [0.25, 0.3) is 22.4 Å². The van der Waals surface area contributed by atoms with Crippen molar-refractivity contribution in [3.05, 3.63) is 113 Å². The van der Waals surface area contributed by atoms with Gasteiger partial charge in [0.2, 0.25) is 0 Å². The Balaban J connectivity index is 1.67. The normalized spacial score (nSPS) is 16.3. The lowest BCUT2D eigenvalue weighted by molar-refractivity contribution is -0.131. The number of benzene rings is 4. The third kappa shape index (κ3) is 5.01. The molecule has 0 aliphatic carbocycles. The number of carbonyl (C=O) groups is 2. The Morgan fingerprint density at radius 3 is 2.31 bits per heavy atom. The van der Waals surface area contributed by atoms with E-state index in [1.165, 1.54) is 14.0 Å². The van der Waals surface area contributed by atoms with Gasteiger partial charge in [-0.3, -0.25) is 4.79 Å². The molecule has 1 aliphatic rings. The average Bonchev–Trinajstić information content (AvgIpc) is 2.96. The summed E-state index contributed by atoms with van der Waals surface area (Å²) in [6.45, 7) is 3.35. The molecule has 0 N–H and O–H groups in total. The quantitative estimate of drug-likeness (QED) is 0.202. The van der Waals surface area contributed by atoms with E-state index in [0.717, 1.165) is 38.8 Å². The van der Waals surface area contributed by atoms with Gasteiger partial charge in [-0.25, -0.2) is 4.79 Å². The van der Waals surface area contributed by atoms with Gasteiger partial charge in [0.05, 0.1) is 14.2 Å². The zero-order valence-electron chi connectivity index (χ0n) is 22.2. The van der Waals surface area contributed by atoms with Crippen LogP contribution in [0, 0.1) is 0 Å². The maximum absolute atomic E-state index is 12.5. The molecule has 1 aliphatic heterocycles. The van der Waals surface area contributed by atoms with Gasteiger partial charge in [-0.15, -0.1) is 0 Å². The first kappa shape index (κ1) is 25.8. The molecule has 4 aromatic carbocycles. The summed E-state index contributed by atoms with van der Waals surface area (Å²) in [5, 5.41) is 1.56. The first-order valence-corrected chi connectivity index (χ1v) is 12.5. The highest BCUT2D eigenvalue weighted by atomic mass is 16.5. The lowest BCUT2D eigenvalue weighted by Crippen LogP contribution is -2.31. The van der Waals surface area contributed by atoms with Crippen molar-refractivity contribution in [3.8, 4) is 17.2 Å². The molecule has 39 heavy (non-hydrogen) atoms. The number of hydrogen-bond donors (Lipinski definition) is 0. The minimum atomic E-state index is -0.893. The van der Waals surface area contributed by atoms with E-state index >= 15 is 0 Å². The number of allylic oxidation sites excluding steroid dienone is 1. The Bertz CT molecular complexity index is 1620. The van der Waals surface area contributed by atoms with E-state index in [2.05, 4.69) is 25.1 Å². The maximum Gasteiger partial charge on any atom is 0.341 e. The highest BCUT2D eigenvalue weighted by Gasteiger charge is 2.34. The van der Waals surface area contributed by atoms with Gasteiger partial charge < -0.3 is 18.9 Å². The molecule has 1 heterocycles. The van der Waals surface area contributed by atoms with Crippen LogP contribution in [-0.4, -0.2) is 26.2 Å². The van der Waals surface area contributed by atoms with Crippen LogP contribution in [0.4, 0.5) is 0 Å². The summed E-state index contributed by atoms with van der Waals surface area (Å²) in [7, 11) is 2.93. The van der Waals surface area contributed by atoms with Gasteiger partial charge in [-0.2, -0.15) is 0 Å². The van der Waals surface area contributed by atoms with Crippen molar-refractivity contribution >= 4 is 34.4 Å². The fourth-order valence-electron chi connectivity index (χ4n) is 4.82. The highest BCUT2D eigenvalue weighted by molar-refractivity contribution is 6.03. The largest absolute Gasteiger partial charge is 0.497 e. The highest BCUT2D eigenvalue weighted by Crippen LogP contribution is 2.44. The maximum atomic E-state index is 12.5. The molecule has 6 nitrogen and oxygen atoms in total. The zero-order valence-corrected chi connectivity index (χ0v) is 22.2. The third-order valence-electron chi connectivity index (χ3n) is 6.76. The first-order valence-electron chi connectivity index (χ1n) is 12.5. The fraction of sp³-hybridized carbons (Fsp3) is 0.152. The van der Waals surface area contributed by atoms with Crippen LogP contribution in [0.3, 0.4) is 0 Å². The molecule has 6 heteroatoms. The van der Waals surface area contributed by atoms with E-state index in [1.807, 2.05) is 66.7 Å². The number of methoxy groups -OCH3 is 2. The lowest BCUT2D eigenvalue weighted by atomic mass is 9.86. The monoisotopic (exact) mass is 520 g/mol. The molecule has 0 fully saturated rings. The Hall–Kier alpha value is -4.84. The van der Waals surface area contributed by atoms with Gasteiger partial charge in [-0.1, -0.05) is 48.5 Å². The van der Waals surface area contributed by atoms with Gasteiger partial charge in [-0.05, 0) is 77.4 Å². The zero-order chi connectivity index (χ0) is 27.6. The van der Waals surface area contributed by atoms with Crippen LogP contribution >= 0.6 is 0 Å². The van der Waals surface area contributed by atoms with Crippen molar-refractivity contribution in [1.82, 2.24) is 0 Å². The number of esters is 2. The van der Waals surface area contributed by atoms with Gasteiger partial charge in [0.15, 0.2) is 5.60 Å². The predicted molar refractivity (Wildman–Crippen MR) is 151 cm³/mol. The van der Waals surface area contributed by atoms with Crippen molar-refractivity contribution in [3.63, 3.8) is 0 Å². The second kappa shape index (κ2) is 10.5. The van der Waals surface area contributed by atoms with Crippen molar-refractivity contribution in [1.29, 1.82) is 0 Å². The van der Waals surface area contributed by atoms with E-state index in [9.17, 15) is 9.59 Å². The second-order valence-electron chi connectivity index (χ2n) is 9.28. The third-order valence-corrected chi connectivity index (χ3v) is 6.76. The smallest absolute Gasteiger partial charge is 0.341 e. The molecule has 0 bridgehead atoms. The summed E-state index contributed by atoms with van der Waals surface area (Å²) in [5.74, 6) is 0.430. The molecule has 0 saturated carbocycles. The molecule has 0 saturated heterocycles. The molecular weight excluding hydrogens is 492 g/mol. The Kier molecular flexibility index (Phi) is 6.94. The van der Waals surface area contributed by atoms with Crippen molar-refractivity contribution in [2.45, 2.75) is 19.4 Å². The van der Waals surface area contributed by atoms with E-state index in [0.29, 0.717) is 5.75 Å². The first-order chi connectivity index (χ1) is 18.8. The minimum absolute atomic E-state index is 0.150. The number of ether oxygens (including phenoxy) is 4. The summed E-state index contributed by atoms with van der Waals surface area (Å²) in [5.41, 5.74) is 3.15. The van der Waals surface area contributed by atoms with Crippen LogP contribution in [-0.2, 0) is 15.1 Å². The van der Waals surface area contributed by atoms with Gasteiger partial charge in [0, 0.05) is 18.1 Å². The van der Waals surface area contributed by atoms with Gasteiger partial charge >= 0.3 is 11.9 Å². The fourth-order valence-corrected chi connectivity index (χ4v) is 4.82. The molecule has 0 aromatic heterocycles. The van der Waals surface area contributed by atoms with E-state index in [1.54, 1.807) is 19.2 Å². The van der Waals surface area contributed by atoms with Crippen LogP contribution in [0.5, 0.6) is 17.2 Å². The molecular formula is C33H28O6. The summed E-state index contributed by atoms with van der Waals surface area (Å²) >= 11 is 0. The molecule has 1 atom stereocenters. The van der Waals surface area contributed by atoms with Crippen molar-refractivity contribution in [2.24, 2.45) is 0 Å². The van der Waals surface area contributed by atoms with Gasteiger partial charge in [0.25, 0.3) is 0 Å². The molecule has 0 spiro atoms. The second-order valence-corrected chi connectivity index (χ2v) is 9.28. The molecule has 4 aromatic rings. The summed E-state index contributed by atoms with van der Waals surface area (Å²) in [6, 6.07) is 25.1. The van der Waals surface area contributed by atoms with Crippen LogP contribution in [0.1, 0.15) is 40.9 Å². The van der Waals surface area contributed by atoms with E-state index in [-0.39, 0.29) is 11.3 Å². The van der Waals surface area contributed by atoms with Crippen molar-refractivity contribution in [2.75, 3.05) is 14.2 Å². The van der Waals surface area contributed by atoms with Gasteiger partial charge in [0.1, 0.15) is 22.8 Å². The Labute approximate surface area is 227 Å². The topological polar surface area (TPSA) is 71.1 Å². The summed E-state index contributed by atoms with van der Waals surface area (Å²) < 4.78 is 22.4. The van der Waals surface area contributed by atoms with E-state index in [4.69, 9.17) is 18.9 Å². The number of carbonyl (C=O) groups excluding carboxylic acids is 2. The molecule has 1 unspecified atom stereocenters. The SMILES string of the molecule is COC(=O)c1cc2c3c(ccc2cc1OC(C)=O)OC(C=C(C)c1ccccc1)(c1ccc(OC)cc1)C=C3. The van der Waals surface area contributed by atoms with Crippen molar-refractivity contribution < 1.29 is 28.5 Å². The Morgan fingerprint density at radius 2 is 1.64 bits per heavy atom. The summed E-state index contributed by atoms with van der Waals surface area (Å²) in [6.07, 6.45) is 6.13. The predicted octanol–water partition coefficient (Wildman–Crippen LogP) is 6.96. The van der Waals surface area contributed by atoms with E-state index < -0.39 is 17.5 Å². The minimum Gasteiger partial charge on any atom is -0.497 e. The number of hydrogen-bond acceptors (Lipinski definition) is 6. The summed E-state index contributed by atoms with van der Waals surface area (Å²) in [4.78, 5) is 24.2. The molecule has 196 valence electrons. The van der Waals surface area contributed by atoms with Crippen LogP contribution in [0.15, 0.2) is 91.0 Å². The Morgan fingerprint density at radius 1 is 0.897 bits per heavy atom. The number of rotatable bonds is 6. The van der Waals surface area contributed by atoms with Crippen LogP contribution in [0.2, 0.25) is 0 Å². The standard InChI is InChI=1S/C33H28O6/c1-21(23-8-6-5-7-9-23)20-33(25-11-13-26(36-3)14-12-25)17-16-27-28-19-29(32(35)37-4)31(38-22(2)34)18-24(28)10-15-30(27)39-33/h5-20H,1-4H3. The lowest BCUT2D eigenvalue weighted by Gasteiger charge is -2.34. The molecule has 0 amide bonds. The van der Waals surface area contributed by atoms with Crippen LogP contribution < -0.4 is 14.2 Å².